The van der Waals surface area contributed by atoms with Crippen LogP contribution < -0.4 is 10.6 Å². The van der Waals surface area contributed by atoms with Crippen molar-refractivity contribution in [3.8, 4) is 0 Å². The van der Waals surface area contributed by atoms with Crippen LogP contribution in [0.5, 0.6) is 0 Å². The molecule has 1 saturated heterocycles. The Hall–Kier alpha value is -1.23. The molecule has 2 N–H and O–H groups in total. The van der Waals surface area contributed by atoms with Gasteiger partial charge in [0, 0.05) is 19.1 Å². The molecule has 2 fully saturated rings. The fraction of sp³-hybridized carbons (Fsp3) is 0.714. The summed E-state index contributed by atoms with van der Waals surface area (Å²) in [6, 6.07) is 0.263. The second-order valence-electron chi connectivity index (χ2n) is 5.74. The number of aromatic nitrogens is 2. The van der Waals surface area contributed by atoms with Gasteiger partial charge in [-0.25, -0.2) is 14.4 Å². The second kappa shape index (κ2) is 5.04. The third-order valence-corrected chi connectivity index (χ3v) is 4.63. The lowest BCUT2D eigenvalue weighted by Crippen LogP contribution is -2.38. The summed E-state index contributed by atoms with van der Waals surface area (Å²) < 4.78 is 14.3. The fourth-order valence-corrected chi connectivity index (χ4v) is 3.55. The second-order valence-corrected chi connectivity index (χ2v) is 5.74. The number of rotatable bonds is 2. The minimum atomic E-state index is -0.253. The number of halogens is 1. The van der Waals surface area contributed by atoms with E-state index in [4.69, 9.17) is 5.73 Å². The van der Waals surface area contributed by atoms with Gasteiger partial charge in [0.15, 0.2) is 11.6 Å². The molecule has 2 aliphatic rings. The van der Waals surface area contributed by atoms with E-state index in [1.807, 2.05) is 6.92 Å². The highest BCUT2D eigenvalue weighted by Crippen LogP contribution is 2.37. The van der Waals surface area contributed by atoms with Gasteiger partial charge in [-0.2, -0.15) is 0 Å². The summed E-state index contributed by atoms with van der Waals surface area (Å²) in [5, 5.41) is 0. The molecule has 1 aliphatic carbocycles. The first-order valence-electron chi connectivity index (χ1n) is 7.20. The zero-order valence-corrected chi connectivity index (χ0v) is 11.3. The summed E-state index contributed by atoms with van der Waals surface area (Å²) in [6.45, 7) is 3.63. The van der Waals surface area contributed by atoms with Gasteiger partial charge in [0.05, 0.1) is 5.69 Å². The zero-order valence-electron chi connectivity index (χ0n) is 11.3. The highest BCUT2D eigenvalue weighted by Gasteiger charge is 2.39. The number of hydrogen-bond donors (Lipinski definition) is 1. The Balaban J connectivity index is 1.84. The van der Waals surface area contributed by atoms with Crippen molar-refractivity contribution in [1.82, 2.24) is 9.97 Å². The highest BCUT2D eigenvalue weighted by atomic mass is 19.1. The van der Waals surface area contributed by atoms with E-state index >= 15 is 0 Å². The maximum absolute atomic E-state index is 14.3. The number of aryl methyl sites for hydroxylation is 1. The van der Waals surface area contributed by atoms with Crippen molar-refractivity contribution in [3.05, 3.63) is 17.8 Å². The quantitative estimate of drug-likeness (QED) is 0.884. The molecule has 104 valence electrons. The molecule has 1 aliphatic heterocycles. The molecule has 1 saturated carbocycles. The SMILES string of the molecule is CCc1ncnc(N2CC3CCCC(N)C3C2)c1F. The normalized spacial score (nSPS) is 30.5. The molecule has 0 radical (unpaired) electrons. The van der Waals surface area contributed by atoms with Crippen LogP contribution in [0.4, 0.5) is 10.2 Å². The van der Waals surface area contributed by atoms with E-state index in [1.54, 1.807) is 0 Å². The predicted molar refractivity (Wildman–Crippen MR) is 72.4 cm³/mol. The fourth-order valence-electron chi connectivity index (χ4n) is 3.55. The third kappa shape index (κ3) is 2.20. The number of hydrogen-bond acceptors (Lipinski definition) is 4. The summed E-state index contributed by atoms with van der Waals surface area (Å²) in [4.78, 5) is 10.2. The number of anilines is 1. The summed E-state index contributed by atoms with van der Waals surface area (Å²) in [5.74, 6) is 1.31. The van der Waals surface area contributed by atoms with Gasteiger partial charge in [-0.05, 0) is 31.1 Å². The van der Waals surface area contributed by atoms with E-state index in [1.165, 1.54) is 19.2 Å². The van der Waals surface area contributed by atoms with Gasteiger partial charge < -0.3 is 10.6 Å². The minimum Gasteiger partial charge on any atom is -0.353 e. The zero-order chi connectivity index (χ0) is 13.4. The molecular formula is C14H21FN4. The van der Waals surface area contributed by atoms with Crippen LogP contribution in [0.1, 0.15) is 31.9 Å². The van der Waals surface area contributed by atoms with E-state index < -0.39 is 0 Å². The minimum absolute atomic E-state index is 0.253. The van der Waals surface area contributed by atoms with Gasteiger partial charge in [0.1, 0.15) is 6.33 Å². The first kappa shape index (κ1) is 12.8. The molecule has 0 bridgehead atoms. The largest absolute Gasteiger partial charge is 0.353 e. The van der Waals surface area contributed by atoms with Crippen molar-refractivity contribution in [3.63, 3.8) is 0 Å². The predicted octanol–water partition coefficient (Wildman–Crippen LogP) is 1.74. The van der Waals surface area contributed by atoms with Crippen LogP contribution in [0.15, 0.2) is 6.33 Å². The Morgan fingerprint density at radius 3 is 2.95 bits per heavy atom. The van der Waals surface area contributed by atoms with Gasteiger partial charge in [0.25, 0.3) is 0 Å². The van der Waals surface area contributed by atoms with Crippen molar-refractivity contribution >= 4 is 5.82 Å². The lowest BCUT2D eigenvalue weighted by molar-refractivity contribution is 0.260. The van der Waals surface area contributed by atoms with E-state index in [0.717, 1.165) is 19.5 Å². The molecule has 3 rings (SSSR count). The summed E-state index contributed by atoms with van der Waals surface area (Å²) in [7, 11) is 0. The third-order valence-electron chi connectivity index (χ3n) is 4.63. The molecule has 4 nitrogen and oxygen atoms in total. The van der Waals surface area contributed by atoms with Gasteiger partial charge in [0.2, 0.25) is 0 Å². The molecule has 0 aromatic carbocycles. The highest BCUT2D eigenvalue weighted by molar-refractivity contribution is 5.42. The lowest BCUT2D eigenvalue weighted by Gasteiger charge is -2.29. The smallest absolute Gasteiger partial charge is 0.187 e. The van der Waals surface area contributed by atoms with Crippen molar-refractivity contribution in [2.45, 2.75) is 38.6 Å². The summed E-state index contributed by atoms with van der Waals surface area (Å²) in [5.41, 5.74) is 6.71. The van der Waals surface area contributed by atoms with E-state index in [2.05, 4.69) is 14.9 Å². The monoisotopic (exact) mass is 264 g/mol. The first-order chi connectivity index (χ1) is 9.20. The summed E-state index contributed by atoms with van der Waals surface area (Å²) >= 11 is 0. The molecule has 19 heavy (non-hydrogen) atoms. The average Bonchev–Trinajstić information content (AvgIpc) is 2.84. The number of nitrogens with two attached hydrogens (primary N) is 1. The standard InChI is InChI=1S/C14H21FN4/c1-2-12-13(15)14(18-8-17-12)19-6-9-4-3-5-11(16)10(9)7-19/h8-11H,2-7,16H2,1H3. The van der Waals surface area contributed by atoms with Gasteiger partial charge in [-0.15, -0.1) is 0 Å². The first-order valence-corrected chi connectivity index (χ1v) is 7.20. The Morgan fingerprint density at radius 2 is 2.21 bits per heavy atom. The molecule has 0 spiro atoms. The van der Waals surface area contributed by atoms with E-state index in [0.29, 0.717) is 29.8 Å². The Labute approximate surface area is 113 Å². The van der Waals surface area contributed by atoms with Crippen LogP contribution >= 0.6 is 0 Å². The van der Waals surface area contributed by atoms with Crippen molar-refractivity contribution in [1.29, 1.82) is 0 Å². The van der Waals surface area contributed by atoms with Crippen LogP contribution in [0.3, 0.4) is 0 Å². The molecule has 3 unspecified atom stereocenters. The van der Waals surface area contributed by atoms with Gasteiger partial charge in [-0.3, -0.25) is 0 Å². The Morgan fingerprint density at radius 1 is 1.37 bits per heavy atom. The molecule has 2 heterocycles. The number of fused-ring (bicyclic) bond motifs is 1. The molecule has 0 amide bonds. The van der Waals surface area contributed by atoms with Crippen molar-refractivity contribution < 1.29 is 4.39 Å². The Bertz CT molecular complexity index is 465. The van der Waals surface area contributed by atoms with E-state index in [9.17, 15) is 4.39 Å². The Kier molecular flexibility index (Phi) is 3.39. The lowest BCUT2D eigenvalue weighted by atomic mass is 9.78. The maximum Gasteiger partial charge on any atom is 0.187 e. The van der Waals surface area contributed by atoms with Crippen molar-refractivity contribution in [2.24, 2.45) is 17.6 Å². The van der Waals surface area contributed by atoms with Crippen LogP contribution in [0.25, 0.3) is 0 Å². The van der Waals surface area contributed by atoms with Gasteiger partial charge in [-0.1, -0.05) is 13.3 Å². The van der Waals surface area contributed by atoms with Crippen molar-refractivity contribution in [2.75, 3.05) is 18.0 Å². The van der Waals surface area contributed by atoms with Gasteiger partial charge >= 0.3 is 0 Å². The molecule has 5 heteroatoms. The topological polar surface area (TPSA) is 55.0 Å². The van der Waals surface area contributed by atoms with Crippen LogP contribution in [-0.2, 0) is 6.42 Å². The van der Waals surface area contributed by atoms with Crippen LogP contribution in [-0.4, -0.2) is 29.1 Å². The molecular weight excluding hydrogens is 243 g/mol. The molecule has 1 aromatic heterocycles. The van der Waals surface area contributed by atoms with Crippen LogP contribution in [0, 0.1) is 17.7 Å². The molecule has 1 aromatic rings. The molecule has 3 atom stereocenters. The van der Waals surface area contributed by atoms with Crippen LogP contribution in [0.2, 0.25) is 0 Å². The number of nitrogens with zero attached hydrogens (tertiary/aromatic N) is 3. The van der Waals surface area contributed by atoms with E-state index in [-0.39, 0.29) is 11.9 Å². The average molecular weight is 264 g/mol. The summed E-state index contributed by atoms with van der Waals surface area (Å²) in [6.07, 6.45) is 5.58. The maximum atomic E-state index is 14.3.